The number of piperidine rings is 1. The van der Waals surface area contributed by atoms with Crippen molar-refractivity contribution in [3.05, 3.63) is 52.5 Å². The molecule has 0 amide bonds. The molecule has 224 valence electrons. The molecular formula is C33H46FN3O4. The molecule has 4 heterocycles. The van der Waals surface area contributed by atoms with Crippen LogP contribution in [0.15, 0.2) is 24.3 Å². The van der Waals surface area contributed by atoms with Crippen molar-refractivity contribution in [2.45, 2.75) is 82.5 Å². The van der Waals surface area contributed by atoms with Gasteiger partial charge in [0.25, 0.3) is 0 Å². The second-order valence-electron chi connectivity index (χ2n) is 12.4. The second-order valence-corrected chi connectivity index (χ2v) is 12.4. The molecule has 41 heavy (non-hydrogen) atoms. The number of hydrogen-bond donors (Lipinski definition) is 2. The van der Waals surface area contributed by atoms with Gasteiger partial charge in [0.05, 0.1) is 13.0 Å². The smallest absolute Gasteiger partial charge is 0.311 e. The van der Waals surface area contributed by atoms with Crippen molar-refractivity contribution < 1.29 is 23.8 Å². The number of carboxylic acids is 1. The molecular weight excluding hydrogens is 521 g/mol. The van der Waals surface area contributed by atoms with Gasteiger partial charge in [-0.05, 0) is 112 Å². The number of aryl methyl sites for hydroxylation is 2. The zero-order valence-electron chi connectivity index (χ0n) is 24.7. The van der Waals surface area contributed by atoms with Gasteiger partial charge in [0.2, 0.25) is 0 Å². The fraction of sp³-hybridized carbons (Fsp3) is 0.636. The van der Waals surface area contributed by atoms with Gasteiger partial charge >= 0.3 is 5.97 Å². The predicted octanol–water partition coefficient (Wildman–Crippen LogP) is 5.95. The van der Waals surface area contributed by atoms with Crippen LogP contribution in [0.3, 0.4) is 0 Å². The number of hydrogen-bond acceptors (Lipinski definition) is 6. The van der Waals surface area contributed by atoms with E-state index in [2.05, 4.69) is 29.3 Å². The number of carbonyl (C=O) groups is 1. The van der Waals surface area contributed by atoms with E-state index in [1.54, 1.807) is 0 Å². The standard InChI is InChI=1S/C33H46FN3O4/c1-33(13-19-41-20-14-33)25-21-27(30(40-2)28(34)22-25)29(32(38)39)23-11-17-37(18-12-23)16-5-3-4-8-26-10-9-24-7-6-15-35-31(24)36-26/h9-10,21-23,29H,3-8,11-20H2,1-2H3,(H,35,36)(H,38,39)/t29-/m0/s1. The fourth-order valence-electron chi connectivity index (χ4n) is 6.94. The van der Waals surface area contributed by atoms with Gasteiger partial charge < -0.3 is 24.8 Å². The summed E-state index contributed by atoms with van der Waals surface area (Å²) in [6.07, 6.45) is 9.83. The van der Waals surface area contributed by atoms with Crippen LogP contribution in [0.5, 0.6) is 5.75 Å². The lowest BCUT2D eigenvalue weighted by atomic mass is 9.73. The van der Waals surface area contributed by atoms with Crippen LogP contribution in [0, 0.1) is 11.7 Å². The molecule has 0 radical (unpaired) electrons. The Kier molecular flexibility index (Phi) is 9.81. The lowest BCUT2D eigenvalue weighted by molar-refractivity contribution is -0.140. The van der Waals surface area contributed by atoms with Gasteiger partial charge in [0.15, 0.2) is 11.6 Å². The number of methoxy groups -OCH3 is 1. The number of benzene rings is 1. The molecule has 3 aliphatic heterocycles. The Morgan fingerprint density at radius 3 is 2.73 bits per heavy atom. The number of unbranched alkanes of at least 4 members (excludes halogenated alkanes) is 2. The van der Waals surface area contributed by atoms with E-state index in [9.17, 15) is 9.90 Å². The van der Waals surface area contributed by atoms with Crippen LogP contribution < -0.4 is 10.1 Å². The molecule has 0 saturated carbocycles. The number of pyridine rings is 1. The second kappa shape index (κ2) is 13.5. The third-order valence-corrected chi connectivity index (χ3v) is 9.63. The van der Waals surface area contributed by atoms with Crippen molar-refractivity contribution in [3.8, 4) is 5.75 Å². The Labute approximate surface area is 243 Å². The number of aliphatic carboxylic acids is 1. The topological polar surface area (TPSA) is 83.9 Å². The highest BCUT2D eigenvalue weighted by atomic mass is 19.1. The number of rotatable bonds is 11. The predicted molar refractivity (Wildman–Crippen MR) is 159 cm³/mol. The number of halogens is 1. The first-order valence-electron chi connectivity index (χ1n) is 15.5. The Balaban J connectivity index is 1.15. The molecule has 8 heteroatoms. The Morgan fingerprint density at radius 1 is 1.22 bits per heavy atom. The van der Waals surface area contributed by atoms with Crippen LogP contribution in [0.1, 0.15) is 86.6 Å². The zero-order chi connectivity index (χ0) is 28.8. The summed E-state index contributed by atoms with van der Waals surface area (Å²) in [4.78, 5) is 19.9. The highest BCUT2D eigenvalue weighted by molar-refractivity contribution is 5.78. The molecule has 3 aliphatic rings. The summed E-state index contributed by atoms with van der Waals surface area (Å²) >= 11 is 0. The van der Waals surface area contributed by atoms with Crippen LogP contribution >= 0.6 is 0 Å². The molecule has 0 aliphatic carbocycles. The number of nitrogens with one attached hydrogen (secondary N) is 1. The maximum absolute atomic E-state index is 15.3. The van der Waals surface area contributed by atoms with Crippen molar-refractivity contribution in [3.63, 3.8) is 0 Å². The lowest BCUT2D eigenvalue weighted by Gasteiger charge is -2.37. The monoisotopic (exact) mass is 567 g/mol. The van der Waals surface area contributed by atoms with Crippen LogP contribution in [-0.4, -0.2) is 67.5 Å². The highest BCUT2D eigenvalue weighted by Gasteiger charge is 2.38. The molecule has 2 N–H and O–H groups in total. The number of aromatic nitrogens is 1. The summed E-state index contributed by atoms with van der Waals surface area (Å²) in [5, 5.41) is 13.8. The molecule has 1 aromatic carbocycles. The molecule has 5 rings (SSSR count). The summed E-state index contributed by atoms with van der Waals surface area (Å²) < 4.78 is 26.3. The molecule has 2 saturated heterocycles. The van der Waals surface area contributed by atoms with E-state index in [-0.39, 0.29) is 17.1 Å². The Morgan fingerprint density at radius 2 is 2.00 bits per heavy atom. The first kappa shape index (κ1) is 29.8. The van der Waals surface area contributed by atoms with Gasteiger partial charge in [0.1, 0.15) is 5.82 Å². The normalized spacial score (nSPS) is 20.2. The van der Waals surface area contributed by atoms with Crippen LogP contribution in [0.25, 0.3) is 0 Å². The lowest BCUT2D eigenvalue weighted by Crippen LogP contribution is -2.38. The van der Waals surface area contributed by atoms with E-state index >= 15 is 4.39 Å². The SMILES string of the molecule is COc1c(F)cc(C2(C)CCOCC2)cc1[C@@H](C(=O)O)C1CCN(CCCCCc2ccc3c(n2)NCCC3)CC1. The third-order valence-electron chi connectivity index (χ3n) is 9.63. The maximum atomic E-state index is 15.3. The molecule has 1 atom stereocenters. The molecule has 0 bridgehead atoms. The summed E-state index contributed by atoms with van der Waals surface area (Å²) in [6, 6.07) is 7.85. The van der Waals surface area contributed by atoms with Crippen molar-refractivity contribution in [2.24, 2.45) is 5.92 Å². The first-order chi connectivity index (χ1) is 19.9. The Hall–Kier alpha value is -2.71. The van der Waals surface area contributed by atoms with Crippen LogP contribution in [0.2, 0.25) is 0 Å². The number of carboxylic acid groups (broad SMARTS) is 1. The quantitative estimate of drug-likeness (QED) is 0.325. The maximum Gasteiger partial charge on any atom is 0.311 e. The molecule has 1 aromatic heterocycles. The number of fused-ring (bicyclic) bond motifs is 1. The minimum Gasteiger partial charge on any atom is -0.493 e. The van der Waals surface area contributed by atoms with Crippen LogP contribution in [0.4, 0.5) is 10.2 Å². The first-order valence-corrected chi connectivity index (χ1v) is 15.5. The fourth-order valence-corrected chi connectivity index (χ4v) is 6.94. The molecule has 0 spiro atoms. The molecule has 2 aromatic rings. The van der Waals surface area contributed by atoms with Crippen molar-refractivity contribution >= 4 is 11.8 Å². The van der Waals surface area contributed by atoms with E-state index in [1.165, 1.54) is 30.9 Å². The zero-order valence-corrected chi connectivity index (χ0v) is 24.7. The van der Waals surface area contributed by atoms with Crippen molar-refractivity contribution in [1.82, 2.24) is 9.88 Å². The van der Waals surface area contributed by atoms with E-state index in [0.717, 1.165) is 95.3 Å². The number of nitrogens with zero attached hydrogens (tertiary/aromatic N) is 2. The highest BCUT2D eigenvalue weighted by Crippen LogP contribution is 2.43. The minimum atomic E-state index is -0.901. The van der Waals surface area contributed by atoms with Gasteiger partial charge in [-0.1, -0.05) is 25.5 Å². The van der Waals surface area contributed by atoms with Gasteiger partial charge in [-0.15, -0.1) is 0 Å². The van der Waals surface area contributed by atoms with E-state index in [4.69, 9.17) is 14.5 Å². The average Bonchev–Trinajstić information content (AvgIpc) is 2.98. The Bertz CT molecular complexity index is 1190. The van der Waals surface area contributed by atoms with Gasteiger partial charge in [-0.2, -0.15) is 0 Å². The van der Waals surface area contributed by atoms with Gasteiger partial charge in [-0.3, -0.25) is 4.79 Å². The molecule has 7 nitrogen and oxygen atoms in total. The third kappa shape index (κ3) is 7.03. The minimum absolute atomic E-state index is 0.0570. The van der Waals surface area contributed by atoms with Crippen molar-refractivity contribution in [2.75, 3.05) is 51.8 Å². The van der Waals surface area contributed by atoms with Gasteiger partial charge in [-0.25, -0.2) is 9.37 Å². The molecule has 0 unspecified atom stereocenters. The van der Waals surface area contributed by atoms with E-state index < -0.39 is 17.7 Å². The van der Waals surface area contributed by atoms with Crippen LogP contribution in [-0.2, 0) is 27.8 Å². The summed E-state index contributed by atoms with van der Waals surface area (Å²) in [5.41, 5.74) is 3.59. The van der Waals surface area contributed by atoms with E-state index in [0.29, 0.717) is 18.8 Å². The van der Waals surface area contributed by atoms with Crippen molar-refractivity contribution in [1.29, 1.82) is 0 Å². The van der Waals surface area contributed by atoms with Gasteiger partial charge in [0, 0.05) is 31.0 Å². The summed E-state index contributed by atoms with van der Waals surface area (Å²) in [6.45, 7) is 7.15. The number of ether oxygens (including phenoxy) is 2. The van der Waals surface area contributed by atoms with E-state index in [1.807, 2.05) is 6.07 Å². The summed E-state index contributed by atoms with van der Waals surface area (Å²) in [7, 11) is 1.43. The summed E-state index contributed by atoms with van der Waals surface area (Å²) in [5.74, 6) is -1.08. The molecule has 2 fully saturated rings. The largest absolute Gasteiger partial charge is 0.493 e. The number of anilines is 1. The number of likely N-dealkylation sites (tertiary alicyclic amines) is 1. The average molecular weight is 568 g/mol.